The van der Waals surface area contributed by atoms with Gasteiger partial charge in [-0.15, -0.1) is 0 Å². The summed E-state index contributed by atoms with van der Waals surface area (Å²) in [6.07, 6.45) is 0. The van der Waals surface area contributed by atoms with Crippen LogP contribution in [0.2, 0.25) is 0 Å². The lowest BCUT2D eigenvalue weighted by Crippen LogP contribution is -2.41. The van der Waals surface area contributed by atoms with E-state index in [-0.39, 0.29) is 5.22 Å². The summed E-state index contributed by atoms with van der Waals surface area (Å²) in [7, 11) is -6.99. The van der Waals surface area contributed by atoms with Gasteiger partial charge in [0.25, 0.3) is 20.2 Å². The van der Waals surface area contributed by atoms with Gasteiger partial charge in [-0.3, -0.25) is 29.7 Å². The summed E-state index contributed by atoms with van der Waals surface area (Å²) >= 11 is 0. The van der Waals surface area contributed by atoms with Gasteiger partial charge in [0.2, 0.25) is 5.43 Å². The van der Waals surface area contributed by atoms with Gasteiger partial charge in [0, 0.05) is 19.8 Å². The van der Waals surface area contributed by atoms with Crippen LogP contribution in [0.25, 0.3) is 0 Å². The van der Waals surface area contributed by atoms with Gasteiger partial charge in [-0.05, 0) is 41.6 Å². The second kappa shape index (κ2) is 8.23. The molecule has 2 aliphatic carbocycles. The molecular formula is C18H17N5O7S2. The van der Waals surface area contributed by atoms with Crippen LogP contribution < -0.4 is 32.2 Å². The van der Waals surface area contributed by atoms with Crippen molar-refractivity contribution < 1.29 is 25.9 Å². The molecule has 168 valence electrons. The van der Waals surface area contributed by atoms with Crippen LogP contribution in [-0.2, 0) is 20.2 Å². The Labute approximate surface area is 181 Å². The number of rotatable bonds is 5. The largest absolute Gasteiger partial charge is 0.388 e. The Hall–Kier alpha value is -3.46. The third-order valence-electron chi connectivity index (χ3n) is 4.51. The smallest absolute Gasteiger partial charge is 0.296 e. The van der Waals surface area contributed by atoms with Crippen molar-refractivity contribution in [2.75, 3.05) is 24.8 Å². The Morgan fingerprint density at radius 2 is 1.41 bits per heavy atom. The molecule has 12 nitrogen and oxygen atoms in total. The van der Waals surface area contributed by atoms with Crippen LogP contribution in [0.15, 0.2) is 61.1 Å². The third kappa shape index (κ3) is 4.29. The van der Waals surface area contributed by atoms with E-state index in [4.69, 9.17) is 5.41 Å². The zero-order chi connectivity index (χ0) is 23.8. The lowest BCUT2D eigenvalue weighted by Gasteiger charge is -2.05. The van der Waals surface area contributed by atoms with Crippen molar-refractivity contribution in [3.8, 4) is 0 Å². The van der Waals surface area contributed by atoms with E-state index in [1.54, 1.807) is 31.3 Å². The van der Waals surface area contributed by atoms with Crippen LogP contribution in [0.4, 0.5) is 11.4 Å². The van der Waals surface area contributed by atoms with Crippen molar-refractivity contribution >= 4 is 31.6 Å². The standard InChI is InChI=1S/C18H17N5O7S2/c1-20-10-3-5-11(6-4-10)22-23-16-12(31(25,26)27)7-9-8-13(32(28,29)30)17(21-2)18(24)14(9)15(16)19/h3-8,19-20,22H,1-2H3,(H,25,26,27)(H,28,29,30). The number of nitrogens with one attached hydrogen (secondary N) is 3. The van der Waals surface area contributed by atoms with E-state index < -0.39 is 56.7 Å². The molecule has 0 heterocycles. The average molecular weight is 479 g/mol. The molecule has 0 unspecified atom stereocenters. The molecule has 0 saturated carbocycles. The summed E-state index contributed by atoms with van der Waals surface area (Å²) in [5.74, 6) is 0. The Bertz CT molecular complexity index is 1720. The van der Waals surface area contributed by atoms with Gasteiger partial charge in [-0.25, -0.2) is 0 Å². The van der Waals surface area contributed by atoms with Crippen LogP contribution in [-0.4, -0.2) is 40.0 Å². The van der Waals surface area contributed by atoms with E-state index in [1.165, 1.54) is 0 Å². The summed E-state index contributed by atoms with van der Waals surface area (Å²) in [5, 5.41) is 12.6. The molecule has 0 atom stereocenters. The van der Waals surface area contributed by atoms with Crippen LogP contribution in [0, 0.1) is 15.8 Å². The molecule has 14 heteroatoms. The van der Waals surface area contributed by atoms with E-state index >= 15 is 0 Å². The average Bonchev–Trinajstić information content (AvgIpc) is 2.71. The quantitative estimate of drug-likeness (QED) is 0.228. The van der Waals surface area contributed by atoms with Gasteiger partial charge >= 0.3 is 0 Å². The summed E-state index contributed by atoms with van der Waals surface area (Å²) in [5.41, 5.74) is 2.73. The topological polar surface area (TPSA) is 198 Å². The van der Waals surface area contributed by atoms with Gasteiger partial charge in [0.05, 0.1) is 16.3 Å². The molecule has 0 aromatic heterocycles. The minimum absolute atomic E-state index is 0.315. The number of nitrogens with zero attached hydrogens (tertiary/aromatic N) is 2. The minimum Gasteiger partial charge on any atom is -0.388 e. The SMILES string of the molecule is CN=c1c(S(=O)(=O)O)cc2cc(S(=O)(=O)O)c(=NNc3ccc(NC)cc3)c(=N)c=2c1=O. The fourth-order valence-corrected chi connectivity index (χ4v) is 4.39. The normalized spacial score (nSPS) is 13.5. The Morgan fingerprint density at radius 1 is 0.906 bits per heavy atom. The van der Waals surface area contributed by atoms with Crippen molar-refractivity contribution in [1.29, 1.82) is 5.41 Å². The highest BCUT2D eigenvalue weighted by Crippen LogP contribution is 2.12. The van der Waals surface area contributed by atoms with Gasteiger partial charge < -0.3 is 5.32 Å². The third-order valence-corrected chi connectivity index (χ3v) is 6.24. The zero-order valence-corrected chi connectivity index (χ0v) is 18.2. The molecule has 0 fully saturated rings. The van der Waals surface area contributed by atoms with Crippen molar-refractivity contribution in [1.82, 2.24) is 0 Å². The molecule has 1 aromatic rings. The Morgan fingerprint density at radius 3 is 1.88 bits per heavy atom. The second-order valence-electron chi connectivity index (χ2n) is 6.47. The molecule has 3 rings (SSSR count). The van der Waals surface area contributed by atoms with Crippen molar-refractivity contribution in [2.45, 2.75) is 9.79 Å². The molecule has 5 N–H and O–H groups in total. The molecule has 0 saturated heterocycles. The van der Waals surface area contributed by atoms with E-state index in [2.05, 4.69) is 20.8 Å². The first kappa shape index (κ1) is 23.2. The summed E-state index contributed by atoms with van der Waals surface area (Å²) in [6, 6.07) is 8.21. The lowest BCUT2D eigenvalue weighted by atomic mass is 10.1. The summed E-state index contributed by atoms with van der Waals surface area (Å²) in [4.78, 5) is 14.7. The zero-order valence-electron chi connectivity index (χ0n) is 16.6. The van der Waals surface area contributed by atoms with Crippen molar-refractivity contribution in [3.63, 3.8) is 0 Å². The van der Waals surface area contributed by atoms with E-state index in [0.717, 1.165) is 24.9 Å². The second-order valence-corrected chi connectivity index (χ2v) is 9.25. The fourth-order valence-electron chi connectivity index (χ4n) is 3.01. The van der Waals surface area contributed by atoms with E-state index in [9.17, 15) is 30.7 Å². The summed E-state index contributed by atoms with van der Waals surface area (Å²) < 4.78 is 66.3. The molecule has 0 bridgehead atoms. The molecule has 0 amide bonds. The van der Waals surface area contributed by atoms with Gasteiger partial charge in [-0.1, -0.05) is 0 Å². The monoisotopic (exact) mass is 479 g/mol. The predicted octanol–water partition coefficient (Wildman–Crippen LogP) is -0.880. The maximum atomic E-state index is 12.8. The molecule has 2 aliphatic rings. The molecule has 0 radical (unpaired) electrons. The first-order valence-corrected chi connectivity index (χ1v) is 11.6. The lowest BCUT2D eigenvalue weighted by molar-refractivity contribution is 0.480. The first-order chi connectivity index (χ1) is 14.9. The van der Waals surface area contributed by atoms with Gasteiger partial charge in [-0.2, -0.15) is 21.9 Å². The highest BCUT2D eigenvalue weighted by molar-refractivity contribution is 7.86. The number of benzene rings is 1. The first-order valence-electron chi connectivity index (χ1n) is 8.74. The highest BCUT2D eigenvalue weighted by atomic mass is 32.2. The molecule has 0 aliphatic heterocycles. The summed E-state index contributed by atoms with van der Waals surface area (Å²) in [6.45, 7) is 0. The van der Waals surface area contributed by atoms with E-state index in [0.29, 0.717) is 5.69 Å². The minimum atomic E-state index is -4.94. The van der Waals surface area contributed by atoms with Crippen LogP contribution in [0.3, 0.4) is 0 Å². The predicted molar refractivity (Wildman–Crippen MR) is 113 cm³/mol. The molecule has 1 aromatic carbocycles. The molecule has 32 heavy (non-hydrogen) atoms. The van der Waals surface area contributed by atoms with Crippen molar-refractivity contribution in [2.24, 2.45) is 10.1 Å². The van der Waals surface area contributed by atoms with Crippen LogP contribution in [0.5, 0.6) is 0 Å². The van der Waals surface area contributed by atoms with Crippen LogP contribution >= 0.6 is 0 Å². The highest BCUT2D eigenvalue weighted by Gasteiger charge is 2.21. The fraction of sp³-hybridized carbons (Fsp3) is 0.111. The van der Waals surface area contributed by atoms with Crippen molar-refractivity contribution in [3.05, 3.63) is 73.1 Å². The molecular weight excluding hydrogens is 462 g/mol. The van der Waals surface area contributed by atoms with E-state index in [1.807, 2.05) is 0 Å². The maximum absolute atomic E-state index is 12.8. The maximum Gasteiger partial charge on any atom is 0.296 e. The number of hydrogen-bond acceptors (Lipinski definition) is 10. The number of anilines is 2. The molecule has 0 spiro atoms. The Balaban J connectivity index is 2.46. The number of hydrogen-bond donors (Lipinski definition) is 5. The van der Waals surface area contributed by atoms with Gasteiger partial charge in [0.15, 0.2) is 0 Å². The van der Waals surface area contributed by atoms with Gasteiger partial charge in [0.1, 0.15) is 20.5 Å². The Kier molecular flexibility index (Phi) is 5.97. The van der Waals surface area contributed by atoms with Crippen LogP contribution in [0.1, 0.15) is 0 Å².